The standard InChI is InChI=1S/C48H32N2/c1-3-13-33(14-4-1)34-25-27-35(28-26-34)36-15-11-16-37(31-36)38-17-12-20-40(32-38)50-46-24-10-8-22-42(46)44-30-29-43-41-21-7-9-23-45(41)49(47(43)48(44)50)39-18-5-2-6-19-39/h1-32H. The molecule has 0 saturated heterocycles. The Morgan fingerprint density at radius 2 is 0.640 bits per heavy atom. The fraction of sp³-hybridized carbons (Fsp3) is 0. The van der Waals surface area contributed by atoms with Crippen LogP contribution >= 0.6 is 0 Å². The Bertz CT molecular complexity index is 2840. The molecule has 0 saturated carbocycles. The van der Waals surface area contributed by atoms with Gasteiger partial charge in [-0.3, -0.25) is 0 Å². The normalized spacial score (nSPS) is 11.6. The minimum atomic E-state index is 1.14. The predicted octanol–water partition coefficient (Wildman–Crippen LogP) is 12.9. The number of hydrogen-bond donors (Lipinski definition) is 0. The minimum Gasteiger partial charge on any atom is -0.307 e. The molecule has 0 amide bonds. The summed E-state index contributed by atoms with van der Waals surface area (Å²) in [6.07, 6.45) is 0. The van der Waals surface area contributed by atoms with Crippen LogP contribution in [0.5, 0.6) is 0 Å². The molecule has 0 radical (unpaired) electrons. The largest absolute Gasteiger partial charge is 0.307 e. The highest BCUT2D eigenvalue weighted by atomic mass is 15.0. The number of hydrogen-bond acceptors (Lipinski definition) is 0. The van der Waals surface area contributed by atoms with Gasteiger partial charge < -0.3 is 9.13 Å². The quantitative estimate of drug-likeness (QED) is 0.178. The van der Waals surface area contributed by atoms with E-state index in [1.54, 1.807) is 0 Å². The molecular weight excluding hydrogens is 605 g/mol. The highest BCUT2D eigenvalue weighted by Crippen LogP contribution is 2.42. The van der Waals surface area contributed by atoms with Crippen molar-refractivity contribution in [3.8, 4) is 44.8 Å². The highest BCUT2D eigenvalue weighted by Gasteiger charge is 2.21. The lowest BCUT2D eigenvalue weighted by Gasteiger charge is -2.14. The van der Waals surface area contributed by atoms with Crippen LogP contribution in [0, 0.1) is 0 Å². The predicted molar refractivity (Wildman–Crippen MR) is 211 cm³/mol. The molecule has 0 N–H and O–H groups in total. The lowest BCUT2D eigenvalue weighted by molar-refractivity contribution is 1.15. The van der Waals surface area contributed by atoms with Crippen LogP contribution in [0.1, 0.15) is 0 Å². The van der Waals surface area contributed by atoms with Crippen LogP contribution in [0.4, 0.5) is 0 Å². The summed E-state index contributed by atoms with van der Waals surface area (Å²) in [7, 11) is 0. The number of rotatable bonds is 5. The van der Waals surface area contributed by atoms with E-state index in [1.807, 2.05) is 0 Å². The molecule has 0 bridgehead atoms. The first-order valence-corrected chi connectivity index (χ1v) is 17.2. The fourth-order valence-corrected chi connectivity index (χ4v) is 7.80. The van der Waals surface area contributed by atoms with E-state index in [0.29, 0.717) is 0 Å². The van der Waals surface area contributed by atoms with Crippen LogP contribution < -0.4 is 0 Å². The average Bonchev–Trinajstić information content (AvgIpc) is 3.72. The molecule has 50 heavy (non-hydrogen) atoms. The van der Waals surface area contributed by atoms with Gasteiger partial charge in [0.2, 0.25) is 0 Å². The molecule has 234 valence electrons. The number of benzene rings is 8. The third-order valence-corrected chi connectivity index (χ3v) is 10.1. The van der Waals surface area contributed by atoms with Gasteiger partial charge in [0.05, 0.1) is 22.1 Å². The molecule has 0 unspecified atom stereocenters. The second kappa shape index (κ2) is 11.5. The summed E-state index contributed by atoms with van der Waals surface area (Å²) in [5.41, 5.74) is 14.4. The zero-order chi connectivity index (χ0) is 33.0. The van der Waals surface area contributed by atoms with Gasteiger partial charge in [0.25, 0.3) is 0 Å². The zero-order valence-electron chi connectivity index (χ0n) is 27.4. The van der Waals surface area contributed by atoms with E-state index in [2.05, 4.69) is 203 Å². The maximum atomic E-state index is 2.47. The first-order valence-electron chi connectivity index (χ1n) is 17.2. The van der Waals surface area contributed by atoms with E-state index in [0.717, 1.165) is 11.4 Å². The summed E-state index contributed by atoms with van der Waals surface area (Å²) >= 11 is 0. The zero-order valence-corrected chi connectivity index (χ0v) is 27.4. The molecule has 10 rings (SSSR count). The summed E-state index contributed by atoms with van der Waals surface area (Å²) in [5.74, 6) is 0. The van der Waals surface area contributed by atoms with E-state index in [9.17, 15) is 0 Å². The third kappa shape index (κ3) is 4.50. The van der Waals surface area contributed by atoms with Crippen molar-refractivity contribution in [2.24, 2.45) is 0 Å². The number of aromatic nitrogens is 2. The molecular formula is C48H32N2. The Labute approximate surface area is 290 Å². The lowest BCUT2D eigenvalue weighted by atomic mass is 9.97. The van der Waals surface area contributed by atoms with Gasteiger partial charge in [0.1, 0.15) is 0 Å². The summed E-state index contributed by atoms with van der Waals surface area (Å²) in [6.45, 7) is 0. The van der Waals surface area contributed by atoms with Crippen LogP contribution in [0.3, 0.4) is 0 Å². The van der Waals surface area contributed by atoms with Crippen molar-refractivity contribution in [1.29, 1.82) is 0 Å². The first-order chi connectivity index (χ1) is 24.8. The van der Waals surface area contributed by atoms with Crippen molar-refractivity contribution in [3.05, 3.63) is 194 Å². The van der Waals surface area contributed by atoms with E-state index >= 15 is 0 Å². The molecule has 0 atom stereocenters. The Hall–Kier alpha value is -6.64. The van der Waals surface area contributed by atoms with Crippen molar-refractivity contribution in [2.45, 2.75) is 0 Å². The van der Waals surface area contributed by atoms with Crippen LogP contribution in [-0.4, -0.2) is 9.13 Å². The highest BCUT2D eigenvalue weighted by molar-refractivity contribution is 6.23. The molecule has 2 heterocycles. The second-order valence-electron chi connectivity index (χ2n) is 13.0. The molecule has 2 nitrogen and oxygen atoms in total. The van der Waals surface area contributed by atoms with Crippen LogP contribution in [-0.2, 0) is 0 Å². The molecule has 0 aliphatic carbocycles. The van der Waals surface area contributed by atoms with E-state index in [1.165, 1.54) is 77.0 Å². The number of fused-ring (bicyclic) bond motifs is 7. The Morgan fingerprint density at radius 3 is 1.26 bits per heavy atom. The second-order valence-corrected chi connectivity index (χ2v) is 13.0. The summed E-state index contributed by atoms with van der Waals surface area (Å²) in [5, 5.41) is 5.01. The molecule has 2 heteroatoms. The Balaban J connectivity index is 1.17. The Morgan fingerprint density at radius 1 is 0.240 bits per heavy atom. The van der Waals surface area contributed by atoms with Crippen molar-refractivity contribution in [1.82, 2.24) is 9.13 Å². The molecule has 8 aromatic carbocycles. The van der Waals surface area contributed by atoms with Crippen molar-refractivity contribution in [3.63, 3.8) is 0 Å². The van der Waals surface area contributed by atoms with Gasteiger partial charge in [-0.15, -0.1) is 0 Å². The van der Waals surface area contributed by atoms with Gasteiger partial charge in [0.15, 0.2) is 0 Å². The maximum absolute atomic E-state index is 2.47. The number of nitrogens with zero attached hydrogens (tertiary/aromatic N) is 2. The monoisotopic (exact) mass is 636 g/mol. The SMILES string of the molecule is c1ccc(-c2ccc(-c3cccc(-c4cccc(-n5c6ccccc6c6ccc7c8ccccc8n(-c8ccccc8)c7c65)c4)c3)cc2)cc1. The van der Waals surface area contributed by atoms with Crippen LogP contribution in [0.25, 0.3) is 88.4 Å². The molecule has 0 aliphatic heterocycles. The average molecular weight is 637 g/mol. The molecule has 0 spiro atoms. The third-order valence-electron chi connectivity index (χ3n) is 10.1. The van der Waals surface area contributed by atoms with Crippen LogP contribution in [0.2, 0.25) is 0 Å². The summed E-state index contributed by atoms with van der Waals surface area (Å²) in [4.78, 5) is 0. The van der Waals surface area contributed by atoms with Gasteiger partial charge in [-0.2, -0.15) is 0 Å². The van der Waals surface area contributed by atoms with E-state index < -0.39 is 0 Å². The Kier molecular flexibility index (Phi) is 6.53. The first kappa shape index (κ1) is 28.4. The van der Waals surface area contributed by atoms with Crippen LogP contribution in [0.15, 0.2) is 194 Å². The molecule has 2 aromatic heterocycles. The molecule has 10 aromatic rings. The fourth-order valence-electron chi connectivity index (χ4n) is 7.80. The van der Waals surface area contributed by atoms with Crippen molar-refractivity contribution < 1.29 is 0 Å². The lowest BCUT2D eigenvalue weighted by Crippen LogP contribution is -1.98. The molecule has 0 aliphatic rings. The number of para-hydroxylation sites is 3. The van der Waals surface area contributed by atoms with Gasteiger partial charge in [-0.1, -0.05) is 152 Å². The molecule has 0 fully saturated rings. The maximum Gasteiger partial charge on any atom is 0.0788 e. The van der Waals surface area contributed by atoms with E-state index in [4.69, 9.17) is 0 Å². The van der Waals surface area contributed by atoms with Gasteiger partial charge in [-0.25, -0.2) is 0 Å². The van der Waals surface area contributed by atoms with Gasteiger partial charge >= 0.3 is 0 Å². The minimum absolute atomic E-state index is 1.14. The van der Waals surface area contributed by atoms with Gasteiger partial charge in [0, 0.05) is 32.9 Å². The van der Waals surface area contributed by atoms with Crippen molar-refractivity contribution >= 4 is 43.6 Å². The smallest absolute Gasteiger partial charge is 0.0788 e. The van der Waals surface area contributed by atoms with Gasteiger partial charge in [-0.05, 0) is 75.8 Å². The van der Waals surface area contributed by atoms with E-state index in [-0.39, 0.29) is 0 Å². The topological polar surface area (TPSA) is 9.86 Å². The summed E-state index contributed by atoms with van der Waals surface area (Å²) < 4.78 is 4.92. The van der Waals surface area contributed by atoms with Crippen molar-refractivity contribution in [2.75, 3.05) is 0 Å². The summed E-state index contributed by atoms with van der Waals surface area (Å²) in [6, 6.07) is 70.3.